The number of anilines is 1. The smallest absolute Gasteiger partial charge is 0.265 e. The van der Waals surface area contributed by atoms with Crippen LogP contribution in [0.4, 0.5) is 5.69 Å². The number of ketones is 1. The minimum absolute atomic E-state index is 0.0216. The van der Waals surface area contributed by atoms with Gasteiger partial charge in [0.15, 0.2) is 11.4 Å². The van der Waals surface area contributed by atoms with Crippen LogP contribution in [0.1, 0.15) is 33.7 Å². The van der Waals surface area contributed by atoms with Crippen LogP contribution in [0.15, 0.2) is 33.4 Å². The molecule has 0 fully saturated rings. The van der Waals surface area contributed by atoms with Gasteiger partial charge in [0.05, 0.1) is 30.5 Å². The van der Waals surface area contributed by atoms with Crippen molar-refractivity contribution >= 4 is 33.3 Å². The highest BCUT2D eigenvalue weighted by Gasteiger charge is 2.51. The molecule has 1 amide bonds. The third-order valence-electron chi connectivity index (χ3n) is 4.40. The fourth-order valence-electron chi connectivity index (χ4n) is 3.25. The molecule has 1 aliphatic rings. The van der Waals surface area contributed by atoms with E-state index >= 15 is 0 Å². The summed E-state index contributed by atoms with van der Waals surface area (Å²) in [4.78, 5) is 26.9. The number of amides is 1. The zero-order valence-electron chi connectivity index (χ0n) is 13.8. The SMILES string of the molecule is C#CCN1C(=O)[C@@](O)(CC(=O)c2c(C)coc2C)c2cc(Br)ccc21. The van der Waals surface area contributed by atoms with E-state index in [1.807, 2.05) is 0 Å². The predicted octanol–water partition coefficient (Wildman–Crippen LogP) is 3.10. The van der Waals surface area contributed by atoms with Gasteiger partial charge >= 0.3 is 0 Å². The predicted molar refractivity (Wildman–Crippen MR) is 96.4 cm³/mol. The number of carbonyl (C=O) groups excluding carboxylic acids is 2. The molecule has 128 valence electrons. The van der Waals surface area contributed by atoms with Gasteiger partial charge in [-0.1, -0.05) is 21.9 Å². The second kappa shape index (κ2) is 6.17. The molecule has 1 aromatic heterocycles. The Labute approximate surface area is 153 Å². The molecule has 25 heavy (non-hydrogen) atoms. The van der Waals surface area contributed by atoms with E-state index in [0.717, 1.165) is 0 Å². The van der Waals surface area contributed by atoms with Crippen molar-refractivity contribution in [2.75, 3.05) is 11.4 Å². The number of benzene rings is 1. The Morgan fingerprint density at radius 3 is 2.76 bits per heavy atom. The van der Waals surface area contributed by atoms with E-state index in [-0.39, 0.29) is 18.7 Å². The number of aryl methyl sites for hydroxylation is 2. The Morgan fingerprint density at radius 2 is 2.16 bits per heavy atom. The van der Waals surface area contributed by atoms with E-state index in [1.165, 1.54) is 11.2 Å². The van der Waals surface area contributed by atoms with Crippen LogP contribution >= 0.6 is 15.9 Å². The lowest BCUT2D eigenvalue weighted by Crippen LogP contribution is -2.42. The van der Waals surface area contributed by atoms with Crippen LogP contribution < -0.4 is 4.90 Å². The molecule has 1 N–H and O–H groups in total. The molecule has 0 unspecified atom stereocenters. The molecule has 0 aliphatic carbocycles. The monoisotopic (exact) mass is 401 g/mol. The molecule has 2 heterocycles. The molecule has 5 nitrogen and oxygen atoms in total. The lowest BCUT2D eigenvalue weighted by molar-refractivity contribution is -0.135. The number of rotatable bonds is 4. The van der Waals surface area contributed by atoms with Crippen molar-refractivity contribution in [2.24, 2.45) is 0 Å². The molecule has 1 aromatic carbocycles. The van der Waals surface area contributed by atoms with Crippen molar-refractivity contribution < 1.29 is 19.1 Å². The van der Waals surface area contributed by atoms with Crippen molar-refractivity contribution in [1.82, 2.24) is 0 Å². The van der Waals surface area contributed by atoms with Crippen molar-refractivity contribution in [3.05, 3.63) is 51.4 Å². The Kier molecular flexibility index (Phi) is 4.31. The average molecular weight is 402 g/mol. The second-order valence-electron chi connectivity index (χ2n) is 6.07. The highest BCUT2D eigenvalue weighted by molar-refractivity contribution is 9.10. The molecule has 0 radical (unpaired) electrons. The van der Waals surface area contributed by atoms with Crippen LogP contribution in [0.3, 0.4) is 0 Å². The summed E-state index contributed by atoms with van der Waals surface area (Å²) in [5, 5.41) is 11.2. The molecular weight excluding hydrogens is 386 g/mol. The van der Waals surface area contributed by atoms with E-state index in [0.29, 0.717) is 32.6 Å². The van der Waals surface area contributed by atoms with Crippen LogP contribution in [0, 0.1) is 26.2 Å². The Balaban J connectivity index is 2.06. The highest BCUT2D eigenvalue weighted by Crippen LogP contribution is 2.44. The van der Waals surface area contributed by atoms with Gasteiger partial charge < -0.3 is 9.52 Å². The molecule has 0 bridgehead atoms. The zero-order chi connectivity index (χ0) is 18.4. The Hall–Kier alpha value is -2.36. The number of terminal acetylenes is 1. The lowest BCUT2D eigenvalue weighted by Gasteiger charge is -2.22. The third kappa shape index (κ3) is 2.70. The van der Waals surface area contributed by atoms with E-state index in [9.17, 15) is 14.7 Å². The van der Waals surface area contributed by atoms with Gasteiger partial charge in [-0.2, -0.15) is 0 Å². The summed E-state index contributed by atoms with van der Waals surface area (Å²) >= 11 is 3.34. The standard InChI is InChI=1S/C19H16BrNO4/c1-4-7-21-15-6-5-13(20)8-14(15)19(24,18(21)23)9-16(22)17-11(2)10-25-12(17)3/h1,5-6,8,10,24H,7,9H2,2-3H3/t19-/m1/s1. The fourth-order valence-corrected chi connectivity index (χ4v) is 3.61. The van der Waals surface area contributed by atoms with Crippen molar-refractivity contribution in [3.8, 4) is 12.3 Å². The number of Topliss-reactive ketones (excluding diaryl/α,β-unsaturated/α-hetero) is 1. The van der Waals surface area contributed by atoms with Gasteiger partial charge in [-0.3, -0.25) is 14.5 Å². The average Bonchev–Trinajstić information content (AvgIpc) is 2.99. The van der Waals surface area contributed by atoms with Crippen LogP contribution in [0.5, 0.6) is 0 Å². The summed E-state index contributed by atoms with van der Waals surface area (Å²) in [6, 6.07) is 5.10. The Morgan fingerprint density at radius 1 is 1.44 bits per heavy atom. The first-order valence-corrected chi connectivity index (χ1v) is 8.44. The van der Waals surface area contributed by atoms with Crippen molar-refractivity contribution in [3.63, 3.8) is 0 Å². The van der Waals surface area contributed by atoms with Gasteiger partial charge in [0, 0.05) is 10.0 Å². The fraction of sp³-hybridized carbons (Fsp3) is 0.263. The molecule has 2 aromatic rings. The summed E-state index contributed by atoms with van der Waals surface area (Å²) in [6.07, 6.45) is 6.46. The Bertz CT molecular complexity index is 904. The van der Waals surface area contributed by atoms with Crippen LogP contribution in [-0.2, 0) is 10.4 Å². The maximum atomic E-state index is 12.8. The molecule has 0 saturated carbocycles. The number of carbonyl (C=O) groups is 2. The van der Waals surface area contributed by atoms with Gasteiger partial charge in [-0.15, -0.1) is 6.42 Å². The van der Waals surface area contributed by atoms with Gasteiger partial charge in [0.2, 0.25) is 0 Å². The number of halogens is 1. The lowest BCUT2D eigenvalue weighted by atomic mass is 9.87. The van der Waals surface area contributed by atoms with Gasteiger partial charge in [-0.05, 0) is 37.6 Å². The molecule has 0 saturated heterocycles. The van der Waals surface area contributed by atoms with Gasteiger partial charge in [0.25, 0.3) is 5.91 Å². The number of hydrogen-bond donors (Lipinski definition) is 1. The summed E-state index contributed by atoms with van der Waals surface area (Å²) in [5.74, 6) is 1.93. The summed E-state index contributed by atoms with van der Waals surface area (Å²) < 4.78 is 5.95. The zero-order valence-corrected chi connectivity index (χ0v) is 15.4. The summed E-state index contributed by atoms with van der Waals surface area (Å²) in [5.41, 5.74) is -0.000507. The van der Waals surface area contributed by atoms with Crippen molar-refractivity contribution in [2.45, 2.75) is 25.9 Å². The normalized spacial score (nSPS) is 19.0. The van der Waals surface area contributed by atoms with Crippen molar-refractivity contribution in [1.29, 1.82) is 0 Å². The van der Waals surface area contributed by atoms with Gasteiger partial charge in [-0.25, -0.2) is 0 Å². The molecule has 1 aliphatic heterocycles. The minimum atomic E-state index is -1.96. The van der Waals surface area contributed by atoms with E-state index < -0.39 is 11.5 Å². The number of hydrogen-bond acceptors (Lipinski definition) is 4. The molecule has 6 heteroatoms. The highest BCUT2D eigenvalue weighted by atomic mass is 79.9. The first kappa shape index (κ1) is 17.5. The largest absolute Gasteiger partial charge is 0.469 e. The van der Waals surface area contributed by atoms with E-state index in [1.54, 1.807) is 32.0 Å². The quantitative estimate of drug-likeness (QED) is 0.630. The first-order valence-electron chi connectivity index (χ1n) is 7.65. The van der Waals surface area contributed by atoms with Crippen LogP contribution in [0.2, 0.25) is 0 Å². The summed E-state index contributed by atoms with van der Waals surface area (Å²) in [6.45, 7) is 3.45. The summed E-state index contributed by atoms with van der Waals surface area (Å²) in [7, 11) is 0. The first-order chi connectivity index (χ1) is 11.8. The maximum absolute atomic E-state index is 12.8. The van der Waals surface area contributed by atoms with E-state index in [4.69, 9.17) is 10.8 Å². The second-order valence-corrected chi connectivity index (χ2v) is 6.98. The molecule has 3 rings (SSSR count). The topological polar surface area (TPSA) is 70.8 Å². The van der Waals surface area contributed by atoms with E-state index in [2.05, 4.69) is 21.9 Å². The van der Waals surface area contributed by atoms with Crippen LogP contribution in [-0.4, -0.2) is 23.3 Å². The van der Waals surface area contributed by atoms with Crippen LogP contribution in [0.25, 0.3) is 0 Å². The minimum Gasteiger partial charge on any atom is -0.469 e. The molecule has 0 spiro atoms. The number of furan rings is 1. The maximum Gasteiger partial charge on any atom is 0.265 e. The number of aliphatic hydroxyl groups is 1. The number of nitrogens with zero attached hydrogens (tertiary/aromatic N) is 1. The molecular formula is C19H16BrNO4. The molecule has 1 atom stereocenters. The van der Waals surface area contributed by atoms with Gasteiger partial charge in [0.1, 0.15) is 5.76 Å². The number of fused-ring (bicyclic) bond motifs is 1. The third-order valence-corrected chi connectivity index (χ3v) is 4.89.